The minimum atomic E-state index is 0.240. The summed E-state index contributed by atoms with van der Waals surface area (Å²) in [5, 5.41) is 13.8. The van der Waals surface area contributed by atoms with Gasteiger partial charge in [0.25, 0.3) is 0 Å². The van der Waals surface area contributed by atoms with Crippen molar-refractivity contribution in [3.8, 4) is 5.75 Å². The lowest BCUT2D eigenvalue weighted by atomic mass is 10.2. The van der Waals surface area contributed by atoms with Crippen molar-refractivity contribution < 1.29 is 9.84 Å². The topological polar surface area (TPSA) is 57.1 Å². The number of hydrogen-bond acceptors (Lipinski definition) is 4. The molecule has 0 amide bonds. The fourth-order valence-electron chi connectivity index (χ4n) is 1.56. The van der Waals surface area contributed by atoms with Gasteiger partial charge in [0.2, 0.25) is 0 Å². The van der Waals surface area contributed by atoms with Gasteiger partial charge in [0, 0.05) is 13.1 Å². The third kappa shape index (κ3) is 3.68. The molecule has 0 aliphatic carbocycles. The highest BCUT2D eigenvalue weighted by Crippen LogP contribution is 2.07. The highest BCUT2D eigenvalue weighted by atomic mass is 32.1. The van der Waals surface area contributed by atoms with Crippen LogP contribution in [0.3, 0.4) is 0 Å². The molecule has 0 aromatic heterocycles. The van der Waals surface area contributed by atoms with Crippen LogP contribution in [-0.2, 0) is 4.74 Å². The summed E-state index contributed by atoms with van der Waals surface area (Å²) >= 11 is 5.22. The van der Waals surface area contributed by atoms with Crippen LogP contribution in [0.1, 0.15) is 5.56 Å². The molecule has 0 radical (unpaired) electrons. The highest BCUT2D eigenvalue weighted by Gasteiger charge is 2.12. The van der Waals surface area contributed by atoms with Gasteiger partial charge in [-0.2, -0.15) is 5.10 Å². The van der Waals surface area contributed by atoms with Crippen molar-refractivity contribution in [1.29, 1.82) is 0 Å². The van der Waals surface area contributed by atoms with Gasteiger partial charge in [-0.05, 0) is 42.0 Å². The van der Waals surface area contributed by atoms with Crippen molar-refractivity contribution in [2.45, 2.75) is 0 Å². The monoisotopic (exact) mass is 265 g/mol. The number of nitrogens with one attached hydrogen (secondary N) is 1. The van der Waals surface area contributed by atoms with Gasteiger partial charge in [0.15, 0.2) is 5.11 Å². The first-order valence-corrected chi connectivity index (χ1v) is 6.11. The number of aromatic hydroxyl groups is 1. The SMILES string of the molecule is Oc1ccc(/C=N/NC(=S)N2CCOCC2)cc1. The lowest BCUT2D eigenvalue weighted by molar-refractivity contribution is 0.0677. The Labute approximate surface area is 111 Å². The summed E-state index contributed by atoms with van der Waals surface area (Å²) in [5.74, 6) is 0.240. The van der Waals surface area contributed by atoms with Crippen molar-refractivity contribution in [1.82, 2.24) is 10.3 Å². The van der Waals surface area contributed by atoms with Gasteiger partial charge in [-0.25, -0.2) is 0 Å². The van der Waals surface area contributed by atoms with Gasteiger partial charge in [-0.15, -0.1) is 0 Å². The summed E-state index contributed by atoms with van der Waals surface area (Å²) < 4.78 is 5.24. The van der Waals surface area contributed by atoms with Crippen LogP contribution >= 0.6 is 12.2 Å². The number of hydrogen-bond donors (Lipinski definition) is 2. The molecule has 6 heteroatoms. The summed E-state index contributed by atoms with van der Waals surface area (Å²) in [6.07, 6.45) is 1.66. The summed E-state index contributed by atoms with van der Waals surface area (Å²) in [7, 11) is 0. The molecule has 0 atom stereocenters. The first-order valence-electron chi connectivity index (χ1n) is 5.70. The van der Waals surface area contributed by atoms with Crippen molar-refractivity contribution >= 4 is 23.5 Å². The number of thiocarbonyl (C=S) groups is 1. The minimum Gasteiger partial charge on any atom is -0.508 e. The second-order valence-electron chi connectivity index (χ2n) is 3.87. The van der Waals surface area contributed by atoms with Crippen molar-refractivity contribution in [2.24, 2.45) is 5.10 Å². The van der Waals surface area contributed by atoms with E-state index in [9.17, 15) is 0 Å². The third-order valence-electron chi connectivity index (χ3n) is 2.57. The second-order valence-corrected chi connectivity index (χ2v) is 4.25. The van der Waals surface area contributed by atoms with Crippen LogP contribution in [0, 0.1) is 0 Å². The normalized spacial score (nSPS) is 15.9. The van der Waals surface area contributed by atoms with E-state index in [2.05, 4.69) is 10.5 Å². The molecule has 1 fully saturated rings. The fraction of sp³-hybridized carbons (Fsp3) is 0.333. The Morgan fingerprint density at radius 2 is 2.00 bits per heavy atom. The van der Waals surface area contributed by atoms with Gasteiger partial charge in [0.05, 0.1) is 19.4 Å². The summed E-state index contributed by atoms with van der Waals surface area (Å²) in [4.78, 5) is 2.02. The summed E-state index contributed by atoms with van der Waals surface area (Å²) in [6.45, 7) is 2.98. The Balaban J connectivity index is 1.83. The van der Waals surface area contributed by atoms with Gasteiger partial charge in [-0.1, -0.05) is 0 Å². The zero-order chi connectivity index (χ0) is 12.8. The predicted molar refractivity (Wildman–Crippen MR) is 73.8 cm³/mol. The number of nitrogens with zero attached hydrogens (tertiary/aromatic N) is 2. The second kappa shape index (κ2) is 6.32. The van der Waals surface area contributed by atoms with Crippen LogP contribution in [0.2, 0.25) is 0 Å². The zero-order valence-electron chi connectivity index (χ0n) is 9.87. The maximum absolute atomic E-state index is 9.14. The lowest BCUT2D eigenvalue weighted by Crippen LogP contribution is -2.44. The minimum absolute atomic E-state index is 0.240. The third-order valence-corrected chi connectivity index (χ3v) is 2.91. The van der Waals surface area contributed by atoms with E-state index in [-0.39, 0.29) is 5.75 Å². The number of ether oxygens (including phenoxy) is 1. The van der Waals surface area contributed by atoms with Crippen LogP contribution in [0.15, 0.2) is 29.4 Å². The molecule has 1 aliphatic heterocycles. The van der Waals surface area contributed by atoms with E-state index in [1.54, 1.807) is 30.5 Å². The number of rotatable bonds is 2. The van der Waals surface area contributed by atoms with Crippen LogP contribution < -0.4 is 5.43 Å². The fourth-order valence-corrected chi connectivity index (χ4v) is 1.79. The smallest absolute Gasteiger partial charge is 0.189 e. The number of benzene rings is 1. The van der Waals surface area contributed by atoms with Crippen LogP contribution in [0.5, 0.6) is 5.75 Å². The number of morpholine rings is 1. The van der Waals surface area contributed by atoms with Crippen LogP contribution in [0.4, 0.5) is 0 Å². The Hall–Kier alpha value is -1.66. The largest absolute Gasteiger partial charge is 0.508 e. The Bertz CT molecular complexity index is 427. The molecule has 0 saturated carbocycles. The van der Waals surface area contributed by atoms with Gasteiger partial charge in [0.1, 0.15) is 5.75 Å². The molecular weight excluding hydrogens is 250 g/mol. The van der Waals surface area contributed by atoms with Crippen LogP contribution in [-0.4, -0.2) is 47.6 Å². The highest BCUT2D eigenvalue weighted by molar-refractivity contribution is 7.80. The molecule has 18 heavy (non-hydrogen) atoms. The maximum atomic E-state index is 9.14. The molecule has 2 rings (SSSR count). The lowest BCUT2D eigenvalue weighted by Gasteiger charge is -2.28. The summed E-state index contributed by atoms with van der Waals surface area (Å²) in [6, 6.07) is 6.78. The number of phenolic OH excluding ortho intramolecular Hbond substituents is 1. The molecule has 1 aromatic carbocycles. The average molecular weight is 265 g/mol. The molecule has 0 unspecified atom stereocenters. The van der Waals surface area contributed by atoms with Gasteiger partial charge >= 0.3 is 0 Å². The van der Waals surface area contributed by atoms with E-state index >= 15 is 0 Å². The van der Waals surface area contributed by atoms with Crippen molar-refractivity contribution in [3.63, 3.8) is 0 Å². The molecule has 1 aliphatic rings. The molecular formula is C12H15N3O2S. The quantitative estimate of drug-likeness (QED) is 0.473. The molecule has 1 aromatic rings. The molecule has 5 nitrogen and oxygen atoms in total. The van der Waals surface area contributed by atoms with E-state index in [0.29, 0.717) is 18.3 Å². The zero-order valence-corrected chi connectivity index (χ0v) is 10.7. The number of phenols is 1. The molecule has 2 N–H and O–H groups in total. The molecule has 0 bridgehead atoms. The van der Waals surface area contributed by atoms with Crippen LogP contribution in [0.25, 0.3) is 0 Å². The Morgan fingerprint density at radius 3 is 2.67 bits per heavy atom. The standard InChI is InChI=1S/C12H15N3O2S/c16-11-3-1-10(2-4-11)9-13-14-12(18)15-5-7-17-8-6-15/h1-4,9,16H,5-8H2,(H,14,18)/b13-9+. The first kappa shape index (κ1) is 12.8. The molecule has 0 spiro atoms. The van der Waals surface area contributed by atoms with E-state index in [1.807, 2.05) is 4.90 Å². The van der Waals surface area contributed by atoms with E-state index < -0.39 is 0 Å². The Kier molecular flexibility index (Phi) is 4.49. The number of hydrazone groups is 1. The van der Waals surface area contributed by atoms with Crippen molar-refractivity contribution in [2.75, 3.05) is 26.3 Å². The molecule has 1 saturated heterocycles. The Morgan fingerprint density at radius 1 is 1.33 bits per heavy atom. The molecule has 96 valence electrons. The van der Waals surface area contributed by atoms with E-state index in [4.69, 9.17) is 22.1 Å². The first-order chi connectivity index (χ1) is 8.75. The van der Waals surface area contributed by atoms with Gasteiger partial charge in [-0.3, -0.25) is 5.43 Å². The maximum Gasteiger partial charge on any atom is 0.189 e. The van der Waals surface area contributed by atoms with Gasteiger partial charge < -0.3 is 14.7 Å². The molecule has 1 heterocycles. The van der Waals surface area contributed by atoms with E-state index in [0.717, 1.165) is 18.7 Å². The summed E-state index contributed by atoms with van der Waals surface area (Å²) in [5.41, 5.74) is 3.72. The average Bonchev–Trinajstić information content (AvgIpc) is 2.42. The van der Waals surface area contributed by atoms with E-state index in [1.165, 1.54) is 0 Å². The van der Waals surface area contributed by atoms with Crippen molar-refractivity contribution in [3.05, 3.63) is 29.8 Å². The predicted octanol–water partition coefficient (Wildman–Crippen LogP) is 0.933.